The summed E-state index contributed by atoms with van der Waals surface area (Å²) < 4.78 is 12.1. The van der Waals surface area contributed by atoms with Crippen molar-refractivity contribution in [3.8, 4) is 6.07 Å². The van der Waals surface area contributed by atoms with Crippen molar-refractivity contribution in [2.45, 2.75) is 37.3 Å². The van der Waals surface area contributed by atoms with Crippen LogP contribution in [0.1, 0.15) is 25.7 Å². The lowest BCUT2D eigenvalue weighted by Gasteiger charge is -2.33. The van der Waals surface area contributed by atoms with Crippen LogP contribution in [-0.4, -0.2) is 30.0 Å². The molecule has 0 aliphatic carbocycles. The average molecular weight is 186 g/mol. The van der Waals surface area contributed by atoms with Crippen molar-refractivity contribution < 1.29 is 9.50 Å². The van der Waals surface area contributed by atoms with E-state index < -0.39 is 18.3 Å². The summed E-state index contributed by atoms with van der Waals surface area (Å²) in [5.74, 6) is 0. The zero-order valence-electron chi connectivity index (χ0n) is 7.59. The number of piperidine rings is 1. The van der Waals surface area contributed by atoms with Crippen LogP contribution in [0, 0.1) is 11.3 Å². The number of hydrogen-bond donors (Lipinski definition) is 2. The Bertz CT molecular complexity index is 196. The molecular formula is C9H15FN2O. The Morgan fingerprint density at radius 1 is 1.62 bits per heavy atom. The van der Waals surface area contributed by atoms with Gasteiger partial charge in [-0.1, -0.05) is 0 Å². The number of hydrogen-bond acceptors (Lipinski definition) is 3. The second-order valence-corrected chi connectivity index (χ2v) is 3.59. The van der Waals surface area contributed by atoms with Gasteiger partial charge in [0.2, 0.25) is 0 Å². The average Bonchev–Trinajstić information content (AvgIpc) is 2.19. The highest BCUT2D eigenvalue weighted by atomic mass is 19.1. The lowest BCUT2D eigenvalue weighted by molar-refractivity contribution is 0.0985. The smallest absolute Gasteiger partial charge is 0.115 e. The molecule has 0 aromatic carbocycles. The predicted molar refractivity (Wildman–Crippen MR) is 46.8 cm³/mol. The fourth-order valence-corrected chi connectivity index (χ4v) is 1.74. The van der Waals surface area contributed by atoms with Crippen molar-refractivity contribution in [3.05, 3.63) is 0 Å². The van der Waals surface area contributed by atoms with Crippen LogP contribution >= 0.6 is 0 Å². The maximum atomic E-state index is 12.1. The Balaban J connectivity index is 2.53. The van der Waals surface area contributed by atoms with E-state index in [1.54, 1.807) is 0 Å². The van der Waals surface area contributed by atoms with Gasteiger partial charge in [0, 0.05) is 6.42 Å². The zero-order chi connectivity index (χ0) is 9.73. The molecule has 1 fully saturated rings. The number of nitrogens with one attached hydrogen (secondary N) is 1. The van der Waals surface area contributed by atoms with Gasteiger partial charge in [-0.3, -0.25) is 5.32 Å². The molecule has 0 radical (unpaired) electrons. The quantitative estimate of drug-likeness (QED) is 0.683. The van der Waals surface area contributed by atoms with Crippen LogP contribution in [0.5, 0.6) is 0 Å². The Kier molecular flexibility index (Phi) is 3.64. The number of alkyl halides is 1. The molecule has 0 aromatic rings. The summed E-state index contributed by atoms with van der Waals surface area (Å²) >= 11 is 0. The third kappa shape index (κ3) is 2.64. The fraction of sp³-hybridized carbons (Fsp3) is 0.889. The molecule has 1 rings (SSSR count). The zero-order valence-corrected chi connectivity index (χ0v) is 7.59. The van der Waals surface area contributed by atoms with Crippen LogP contribution in [0.15, 0.2) is 0 Å². The lowest BCUT2D eigenvalue weighted by atomic mass is 9.85. The molecule has 74 valence electrons. The van der Waals surface area contributed by atoms with Crippen LogP contribution < -0.4 is 5.32 Å². The minimum Gasteiger partial charge on any atom is -0.390 e. The number of nitrogens with zero attached hydrogens (tertiary/aromatic N) is 1. The van der Waals surface area contributed by atoms with Crippen molar-refractivity contribution in [1.82, 2.24) is 5.32 Å². The van der Waals surface area contributed by atoms with Crippen molar-refractivity contribution in [3.63, 3.8) is 0 Å². The summed E-state index contributed by atoms with van der Waals surface area (Å²) in [5.41, 5.74) is -0.691. The van der Waals surface area contributed by atoms with Crippen LogP contribution in [0.3, 0.4) is 0 Å². The Hall–Kier alpha value is -0.660. The van der Waals surface area contributed by atoms with E-state index in [9.17, 15) is 4.39 Å². The van der Waals surface area contributed by atoms with E-state index in [1.807, 2.05) is 0 Å². The van der Waals surface area contributed by atoms with Gasteiger partial charge in [0.1, 0.15) is 12.2 Å². The molecule has 4 heteroatoms. The molecule has 1 aliphatic heterocycles. The Morgan fingerprint density at radius 3 is 2.85 bits per heavy atom. The highest BCUT2D eigenvalue weighted by Gasteiger charge is 2.33. The molecule has 0 spiro atoms. The summed E-state index contributed by atoms with van der Waals surface area (Å²) in [6.45, 7) is 0.0116. The van der Waals surface area contributed by atoms with Gasteiger partial charge in [0.25, 0.3) is 0 Å². The molecular weight excluding hydrogens is 171 g/mol. The minimum absolute atomic E-state index is 0.194. The van der Waals surface area contributed by atoms with Crippen LogP contribution in [0.25, 0.3) is 0 Å². The van der Waals surface area contributed by atoms with Gasteiger partial charge in [-0.15, -0.1) is 0 Å². The summed E-state index contributed by atoms with van der Waals surface area (Å²) in [5, 5.41) is 21.1. The normalized spacial score (nSPS) is 30.8. The second-order valence-electron chi connectivity index (χ2n) is 3.59. The first-order valence-corrected chi connectivity index (χ1v) is 4.63. The van der Waals surface area contributed by atoms with E-state index in [2.05, 4.69) is 11.4 Å². The first-order chi connectivity index (χ1) is 6.22. The first-order valence-electron chi connectivity index (χ1n) is 4.63. The van der Waals surface area contributed by atoms with Gasteiger partial charge < -0.3 is 5.11 Å². The molecule has 3 nitrogen and oxygen atoms in total. The fourth-order valence-electron chi connectivity index (χ4n) is 1.74. The van der Waals surface area contributed by atoms with Gasteiger partial charge in [-0.25, -0.2) is 4.39 Å². The standard InChI is InChI=1S/C9H15FN2O/c10-6-8(13)5-9(7-11)3-1-2-4-12-9/h8,12-13H,1-6H2. The van der Waals surface area contributed by atoms with Gasteiger partial charge >= 0.3 is 0 Å². The maximum absolute atomic E-state index is 12.1. The minimum atomic E-state index is -1.01. The summed E-state index contributed by atoms with van der Waals surface area (Å²) in [6.07, 6.45) is 1.92. The molecule has 2 unspecified atom stereocenters. The molecule has 1 saturated heterocycles. The molecule has 2 N–H and O–H groups in total. The highest BCUT2D eigenvalue weighted by Crippen LogP contribution is 2.23. The number of aliphatic hydroxyl groups is 1. The molecule has 2 atom stereocenters. The monoisotopic (exact) mass is 186 g/mol. The third-order valence-corrected chi connectivity index (χ3v) is 2.47. The molecule has 1 heterocycles. The maximum Gasteiger partial charge on any atom is 0.115 e. The molecule has 0 amide bonds. The Labute approximate surface area is 77.6 Å². The van der Waals surface area contributed by atoms with Gasteiger partial charge in [0.15, 0.2) is 0 Å². The number of rotatable bonds is 3. The van der Waals surface area contributed by atoms with E-state index >= 15 is 0 Å². The molecule has 0 aromatic heterocycles. The first kappa shape index (κ1) is 10.4. The molecule has 0 saturated carbocycles. The summed E-state index contributed by atoms with van der Waals surface area (Å²) in [6, 6.07) is 2.14. The van der Waals surface area contributed by atoms with Crippen LogP contribution in [0.2, 0.25) is 0 Å². The van der Waals surface area contributed by atoms with Crippen molar-refractivity contribution in [2.75, 3.05) is 13.2 Å². The Morgan fingerprint density at radius 2 is 2.38 bits per heavy atom. The van der Waals surface area contributed by atoms with E-state index in [0.717, 1.165) is 19.4 Å². The van der Waals surface area contributed by atoms with Crippen molar-refractivity contribution in [1.29, 1.82) is 5.26 Å². The van der Waals surface area contributed by atoms with E-state index in [-0.39, 0.29) is 6.42 Å². The third-order valence-electron chi connectivity index (χ3n) is 2.47. The lowest BCUT2D eigenvalue weighted by Crippen LogP contribution is -2.49. The second kappa shape index (κ2) is 4.54. The van der Waals surface area contributed by atoms with Gasteiger partial charge in [-0.05, 0) is 25.8 Å². The van der Waals surface area contributed by atoms with Crippen LogP contribution in [0.4, 0.5) is 4.39 Å². The summed E-state index contributed by atoms with van der Waals surface area (Å²) in [4.78, 5) is 0. The van der Waals surface area contributed by atoms with E-state index in [4.69, 9.17) is 10.4 Å². The van der Waals surface area contributed by atoms with Crippen molar-refractivity contribution >= 4 is 0 Å². The van der Waals surface area contributed by atoms with E-state index in [0.29, 0.717) is 6.42 Å². The van der Waals surface area contributed by atoms with Crippen LogP contribution in [-0.2, 0) is 0 Å². The topological polar surface area (TPSA) is 56.0 Å². The highest BCUT2D eigenvalue weighted by molar-refractivity contribution is 5.09. The molecule has 1 aliphatic rings. The van der Waals surface area contributed by atoms with Gasteiger partial charge in [-0.2, -0.15) is 5.26 Å². The van der Waals surface area contributed by atoms with E-state index in [1.165, 1.54) is 0 Å². The number of nitriles is 1. The van der Waals surface area contributed by atoms with Gasteiger partial charge in [0.05, 0.1) is 12.2 Å². The van der Waals surface area contributed by atoms with Crippen molar-refractivity contribution in [2.24, 2.45) is 0 Å². The number of halogens is 1. The molecule has 0 bridgehead atoms. The predicted octanol–water partition coefficient (Wildman–Crippen LogP) is 0.743. The molecule has 13 heavy (non-hydrogen) atoms. The summed E-state index contributed by atoms with van der Waals surface area (Å²) in [7, 11) is 0. The number of aliphatic hydroxyl groups excluding tert-OH is 1. The SMILES string of the molecule is N#CC1(CC(O)CF)CCCCN1. The largest absolute Gasteiger partial charge is 0.390 e.